The third-order valence-corrected chi connectivity index (χ3v) is 3.23. The summed E-state index contributed by atoms with van der Waals surface area (Å²) in [5.74, 6) is 0.484. The van der Waals surface area contributed by atoms with E-state index in [1.54, 1.807) is 7.11 Å². The van der Waals surface area contributed by atoms with Crippen molar-refractivity contribution in [3.05, 3.63) is 23.8 Å². The number of unbranched alkanes of at least 4 members (excludes halogenated alkanes) is 1. The molecule has 1 aromatic carbocycles. The zero-order valence-corrected chi connectivity index (χ0v) is 13.5. The minimum atomic E-state index is -0.479. The Bertz CT molecular complexity index is 461. The van der Waals surface area contributed by atoms with Crippen LogP contribution in [-0.2, 0) is 11.3 Å². The molecule has 0 aliphatic carbocycles. The Balaban J connectivity index is 2.81. The molecule has 0 aliphatic rings. The van der Waals surface area contributed by atoms with E-state index in [4.69, 9.17) is 10.5 Å². The minimum absolute atomic E-state index is 0.163. The summed E-state index contributed by atoms with van der Waals surface area (Å²) in [5.41, 5.74) is 7.68. The zero-order chi connectivity index (χ0) is 15.8. The summed E-state index contributed by atoms with van der Waals surface area (Å²) in [6.07, 6.45) is 2.68. The summed E-state index contributed by atoms with van der Waals surface area (Å²) in [7, 11) is 5.60. The zero-order valence-electron chi connectivity index (χ0n) is 13.5. The standard InChI is InChI=1S/C16H27N3O2/c1-5-6-7-13(17)16(20)18-14-10-12(11-19(2)3)8-9-15(14)21-4/h8-10,13H,5-7,11,17H2,1-4H3,(H,18,20). The summed E-state index contributed by atoms with van der Waals surface area (Å²) in [6.45, 7) is 2.88. The number of ether oxygens (including phenoxy) is 1. The van der Waals surface area contributed by atoms with Crippen molar-refractivity contribution in [2.24, 2.45) is 5.73 Å². The summed E-state index contributed by atoms with van der Waals surface area (Å²) >= 11 is 0. The van der Waals surface area contributed by atoms with Crippen molar-refractivity contribution in [1.29, 1.82) is 0 Å². The minimum Gasteiger partial charge on any atom is -0.495 e. The number of carbonyl (C=O) groups excluding carboxylic acids is 1. The fourth-order valence-electron chi connectivity index (χ4n) is 2.10. The van der Waals surface area contributed by atoms with Crippen LogP contribution in [0.1, 0.15) is 31.7 Å². The average Bonchev–Trinajstić information content (AvgIpc) is 2.44. The van der Waals surface area contributed by atoms with Crippen LogP contribution in [0.25, 0.3) is 0 Å². The van der Waals surface area contributed by atoms with Gasteiger partial charge in [0.2, 0.25) is 5.91 Å². The van der Waals surface area contributed by atoms with Gasteiger partial charge in [0.05, 0.1) is 18.8 Å². The quantitative estimate of drug-likeness (QED) is 0.771. The van der Waals surface area contributed by atoms with Crippen LogP contribution < -0.4 is 15.8 Å². The van der Waals surface area contributed by atoms with Crippen molar-refractivity contribution in [2.45, 2.75) is 38.8 Å². The largest absolute Gasteiger partial charge is 0.495 e. The molecule has 5 heteroatoms. The molecule has 21 heavy (non-hydrogen) atoms. The van der Waals surface area contributed by atoms with Crippen molar-refractivity contribution in [3.63, 3.8) is 0 Å². The predicted octanol–water partition coefficient (Wildman–Crippen LogP) is 2.21. The van der Waals surface area contributed by atoms with Crippen LogP contribution in [0.5, 0.6) is 5.75 Å². The summed E-state index contributed by atoms with van der Waals surface area (Å²) in [5, 5.41) is 2.88. The first-order chi connectivity index (χ1) is 9.97. The first-order valence-electron chi connectivity index (χ1n) is 7.36. The van der Waals surface area contributed by atoms with Crippen molar-refractivity contribution in [2.75, 3.05) is 26.5 Å². The number of methoxy groups -OCH3 is 1. The van der Waals surface area contributed by atoms with Crippen LogP contribution in [-0.4, -0.2) is 38.1 Å². The molecule has 118 valence electrons. The highest BCUT2D eigenvalue weighted by Crippen LogP contribution is 2.26. The Kier molecular flexibility index (Phi) is 7.19. The van der Waals surface area contributed by atoms with E-state index in [9.17, 15) is 4.79 Å². The number of amides is 1. The third-order valence-electron chi connectivity index (χ3n) is 3.23. The third kappa shape index (κ3) is 5.73. The highest BCUT2D eigenvalue weighted by atomic mass is 16.5. The highest BCUT2D eigenvalue weighted by molar-refractivity contribution is 5.96. The van der Waals surface area contributed by atoms with E-state index in [1.807, 2.05) is 32.3 Å². The molecule has 0 bridgehead atoms. The number of rotatable bonds is 8. The van der Waals surface area contributed by atoms with E-state index >= 15 is 0 Å². The molecule has 0 saturated heterocycles. The van der Waals surface area contributed by atoms with Crippen molar-refractivity contribution in [3.8, 4) is 5.75 Å². The van der Waals surface area contributed by atoms with Gasteiger partial charge in [0.15, 0.2) is 0 Å². The first-order valence-corrected chi connectivity index (χ1v) is 7.36. The van der Waals surface area contributed by atoms with Crippen LogP contribution in [0.3, 0.4) is 0 Å². The lowest BCUT2D eigenvalue weighted by Gasteiger charge is -2.16. The van der Waals surface area contributed by atoms with Crippen LogP contribution in [0.4, 0.5) is 5.69 Å². The van der Waals surface area contributed by atoms with E-state index < -0.39 is 6.04 Å². The lowest BCUT2D eigenvalue weighted by atomic mass is 10.1. The van der Waals surface area contributed by atoms with Gasteiger partial charge in [0, 0.05) is 6.54 Å². The molecule has 5 nitrogen and oxygen atoms in total. The maximum absolute atomic E-state index is 12.1. The van der Waals surface area contributed by atoms with Crippen molar-refractivity contribution < 1.29 is 9.53 Å². The Morgan fingerprint density at radius 3 is 2.71 bits per heavy atom. The molecule has 0 saturated carbocycles. The van der Waals surface area contributed by atoms with Gasteiger partial charge in [0.1, 0.15) is 5.75 Å². The number of hydrogen-bond acceptors (Lipinski definition) is 4. The first kappa shape index (κ1) is 17.5. The van der Waals surface area contributed by atoms with Gasteiger partial charge in [0.25, 0.3) is 0 Å². The SMILES string of the molecule is CCCCC(N)C(=O)Nc1cc(CN(C)C)ccc1OC. The Morgan fingerprint density at radius 2 is 2.14 bits per heavy atom. The summed E-state index contributed by atoms with van der Waals surface area (Å²) in [6, 6.07) is 5.31. The molecule has 1 unspecified atom stereocenters. The summed E-state index contributed by atoms with van der Waals surface area (Å²) < 4.78 is 5.30. The predicted molar refractivity (Wildman–Crippen MR) is 86.5 cm³/mol. The van der Waals surface area contributed by atoms with E-state index in [0.717, 1.165) is 24.9 Å². The van der Waals surface area contributed by atoms with Gasteiger partial charge < -0.3 is 20.7 Å². The van der Waals surface area contributed by atoms with Crippen LogP contribution in [0, 0.1) is 0 Å². The molecular formula is C16H27N3O2. The van der Waals surface area contributed by atoms with Crippen molar-refractivity contribution >= 4 is 11.6 Å². The normalized spacial score (nSPS) is 12.3. The lowest BCUT2D eigenvalue weighted by Crippen LogP contribution is -2.35. The molecule has 3 N–H and O–H groups in total. The van der Waals surface area contributed by atoms with Crippen LogP contribution in [0.15, 0.2) is 18.2 Å². The summed E-state index contributed by atoms with van der Waals surface area (Å²) in [4.78, 5) is 14.2. The van der Waals surface area contributed by atoms with E-state index in [0.29, 0.717) is 17.9 Å². The molecular weight excluding hydrogens is 266 g/mol. The molecule has 0 fully saturated rings. The van der Waals surface area contributed by atoms with Gasteiger partial charge in [-0.15, -0.1) is 0 Å². The fraction of sp³-hybridized carbons (Fsp3) is 0.562. The van der Waals surface area contributed by atoms with Crippen LogP contribution in [0.2, 0.25) is 0 Å². The van der Waals surface area contributed by atoms with Gasteiger partial charge in [-0.3, -0.25) is 4.79 Å². The number of nitrogens with two attached hydrogens (primary N) is 1. The van der Waals surface area contributed by atoms with Gasteiger partial charge in [-0.2, -0.15) is 0 Å². The number of carbonyl (C=O) groups is 1. The topological polar surface area (TPSA) is 67.6 Å². The Hall–Kier alpha value is -1.59. The highest BCUT2D eigenvalue weighted by Gasteiger charge is 2.15. The van der Waals surface area contributed by atoms with Gasteiger partial charge in [-0.05, 0) is 38.2 Å². The molecule has 0 aliphatic heterocycles. The molecule has 1 aromatic rings. The Labute approximate surface area is 127 Å². The van der Waals surface area contributed by atoms with Gasteiger partial charge in [-0.25, -0.2) is 0 Å². The van der Waals surface area contributed by atoms with Gasteiger partial charge in [-0.1, -0.05) is 25.8 Å². The second-order valence-electron chi connectivity index (χ2n) is 5.51. The molecule has 0 spiro atoms. The molecule has 0 radical (unpaired) electrons. The number of nitrogens with one attached hydrogen (secondary N) is 1. The maximum atomic E-state index is 12.1. The molecule has 1 amide bonds. The van der Waals surface area contributed by atoms with Crippen molar-refractivity contribution in [1.82, 2.24) is 4.90 Å². The number of benzene rings is 1. The molecule has 0 aromatic heterocycles. The Morgan fingerprint density at radius 1 is 1.43 bits per heavy atom. The second kappa shape index (κ2) is 8.64. The van der Waals surface area contributed by atoms with E-state index in [2.05, 4.69) is 17.1 Å². The maximum Gasteiger partial charge on any atom is 0.241 e. The van der Waals surface area contributed by atoms with E-state index in [-0.39, 0.29) is 5.91 Å². The molecule has 1 atom stereocenters. The molecule has 0 heterocycles. The monoisotopic (exact) mass is 293 g/mol. The lowest BCUT2D eigenvalue weighted by molar-refractivity contribution is -0.117. The van der Waals surface area contributed by atoms with E-state index in [1.165, 1.54) is 0 Å². The number of hydrogen-bond donors (Lipinski definition) is 2. The smallest absolute Gasteiger partial charge is 0.241 e. The van der Waals surface area contributed by atoms with Gasteiger partial charge >= 0.3 is 0 Å². The van der Waals surface area contributed by atoms with Crippen LogP contribution >= 0.6 is 0 Å². The second-order valence-corrected chi connectivity index (χ2v) is 5.51. The number of nitrogens with zero attached hydrogens (tertiary/aromatic N) is 1. The average molecular weight is 293 g/mol. The number of anilines is 1. The fourth-order valence-corrected chi connectivity index (χ4v) is 2.10. The molecule has 1 rings (SSSR count).